The second kappa shape index (κ2) is 10.4. The lowest BCUT2D eigenvalue weighted by molar-refractivity contribution is -0.131. The smallest absolute Gasteiger partial charge is 0.264 e. The molecule has 2 aliphatic heterocycles. The largest absolute Gasteiger partial charge is 0.454 e. The zero-order valence-electron chi connectivity index (χ0n) is 21.1. The standard InChI is InChI=1S/C28H31N3O5S/c1-21-14-22(2)16-24(15-21)31(37(33,34)25-6-4-3-5-7-25)19-28(32)30-12-10-29(11-13-30)18-23-8-9-26-27(17-23)36-20-35-26/h3-9,14-17H,10-13,18-20H2,1-2H3. The third-order valence-electron chi connectivity index (χ3n) is 6.67. The zero-order chi connectivity index (χ0) is 26.0. The minimum absolute atomic E-state index is 0.163. The Morgan fingerprint density at radius 1 is 0.865 bits per heavy atom. The van der Waals surface area contributed by atoms with Crippen molar-refractivity contribution in [2.24, 2.45) is 0 Å². The Labute approximate surface area is 218 Å². The molecule has 1 fully saturated rings. The Kier molecular flexibility index (Phi) is 7.08. The molecule has 8 nitrogen and oxygen atoms in total. The third kappa shape index (κ3) is 5.57. The molecule has 0 spiro atoms. The van der Waals surface area contributed by atoms with E-state index in [9.17, 15) is 13.2 Å². The predicted octanol–water partition coefficient (Wildman–Crippen LogP) is 3.57. The van der Waals surface area contributed by atoms with E-state index in [4.69, 9.17) is 9.47 Å². The fourth-order valence-corrected chi connectivity index (χ4v) is 6.22. The van der Waals surface area contributed by atoms with Crippen LogP contribution in [-0.4, -0.2) is 63.6 Å². The van der Waals surface area contributed by atoms with Crippen LogP contribution in [0.15, 0.2) is 71.6 Å². The zero-order valence-corrected chi connectivity index (χ0v) is 21.9. The molecular weight excluding hydrogens is 490 g/mol. The van der Waals surface area contributed by atoms with Gasteiger partial charge in [0, 0.05) is 32.7 Å². The average molecular weight is 522 g/mol. The fourth-order valence-electron chi connectivity index (χ4n) is 4.81. The van der Waals surface area contributed by atoms with Crippen molar-refractivity contribution in [1.82, 2.24) is 9.80 Å². The van der Waals surface area contributed by atoms with Gasteiger partial charge < -0.3 is 14.4 Å². The maximum atomic E-state index is 13.6. The summed E-state index contributed by atoms with van der Waals surface area (Å²) >= 11 is 0. The fraction of sp³-hybridized carbons (Fsp3) is 0.321. The molecule has 0 aromatic heterocycles. The summed E-state index contributed by atoms with van der Waals surface area (Å²) in [6.07, 6.45) is 0. The number of fused-ring (bicyclic) bond motifs is 1. The van der Waals surface area contributed by atoms with Gasteiger partial charge in [0.15, 0.2) is 11.5 Å². The van der Waals surface area contributed by atoms with E-state index in [0.717, 1.165) is 34.7 Å². The van der Waals surface area contributed by atoms with Crippen molar-refractivity contribution >= 4 is 21.6 Å². The van der Waals surface area contributed by atoms with Crippen LogP contribution in [0.3, 0.4) is 0 Å². The van der Waals surface area contributed by atoms with E-state index >= 15 is 0 Å². The first-order valence-electron chi connectivity index (χ1n) is 12.3. The van der Waals surface area contributed by atoms with E-state index in [1.165, 1.54) is 4.31 Å². The molecule has 3 aromatic carbocycles. The first kappa shape index (κ1) is 25.1. The molecule has 2 aliphatic rings. The molecule has 0 N–H and O–H groups in total. The lowest BCUT2D eigenvalue weighted by Gasteiger charge is -2.36. The number of amides is 1. The molecule has 0 radical (unpaired) electrons. The first-order valence-corrected chi connectivity index (χ1v) is 13.8. The van der Waals surface area contributed by atoms with Gasteiger partial charge in [0.2, 0.25) is 12.7 Å². The first-order chi connectivity index (χ1) is 17.8. The quantitative estimate of drug-likeness (QED) is 0.473. The van der Waals surface area contributed by atoms with Gasteiger partial charge in [-0.05, 0) is 66.9 Å². The van der Waals surface area contributed by atoms with Gasteiger partial charge in [0.1, 0.15) is 6.54 Å². The van der Waals surface area contributed by atoms with Crippen LogP contribution in [-0.2, 0) is 21.4 Å². The Morgan fingerprint density at radius 3 is 2.24 bits per heavy atom. The number of sulfonamides is 1. The van der Waals surface area contributed by atoms with Crippen molar-refractivity contribution in [2.75, 3.05) is 43.8 Å². The third-order valence-corrected chi connectivity index (χ3v) is 8.46. The molecule has 0 saturated carbocycles. The molecule has 3 aromatic rings. The number of hydrogen-bond donors (Lipinski definition) is 0. The van der Waals surface area contributed by atoms with E-state index in [2.05, 4.69) is 4.90 Å². The highest BCUT2D eigenvalue weighted by Gasteiger charge is 2.30. The minimum Gasteiger partial charge on any atom is -0.454 e. The van der Waals surface area contributed by atoms with Gasteiger partial charge in [0.25, 0.3) is 10.0 Å². The number of carbonyl (C=O) groups excluding carboxylic acids is 1. The number of anilines is 1. The van der Waals surface area contributed by atoms with Gasteiger partial charge in [-0.25, -0.2) is 8.42 Å². The summed E-state index contributed by atoms with van der Waals surface area (Å²) in [4.78, 5) is 17.6. The number of ether oxygens (including phenoxy) is 2. The number of hydrogen-bond acceptors (Lipinski definition) is 6. The molecule has 5 rings (SSSR count). The maximum absolute atomic E-state index is 13.6. The Bertz CT molecular complexity index is 1370. The van der Waals surface area contributed by atoms with Crippen LogP contribution < -0.4 is 13.8 Å². The van der Waals surface area contributed by atoms with Crippen molar-refractivity contribution in [1.29, 1.82) is 0 Å². The van der Waals surface area contributed by atoms with Crippen LogP contribution in [0.4, 0.5) is 5.69 Å². The number of benzene rings is 3. The Balaban J connectivity index is 1.28. The van der Waals surface area contributed by atoms with Gasteiger partial charge in [0.05, 0.1) is 10.6 Å². The molecule has 9 heteroatoms. The molecule has 1 amide bonds. The van der Waals surface area contributed by atoms with E-state index in [1.54, 1.807) is 35.2 Å². The van der Waals surface area contributed by atoms with Crippen molar-refractivity contribution in [2.45, 2.75) is 25.3 Å². The van der Waals surface area contributed by atoms with Gasteiger partial charge in [-0.15, -0.1) is 0 Å². The van der Waals surface area contributed by atoms with Crippen LogP contribution >= 0.6 is 0 Å². The number of carbonyl (C=O) groups is 1. The van der Waals surface area contributed by atoms with E-state index < -0.39 is 10.0 Å². The van der Waals surface area contributed by atoms with Crippen molar-refractivity contribution in [3.63, 3.8) is 0 Å². The molecule has 0 aliphatic carbocycles. The monoisotopic (exact) mass is 521 g/mol. The maximum Gasteiger partial charge on any atom is 0.264 e. The topological polar surface area (TPSA) is 79.4 Å². The minimum atomic E-state index is -3.92. The SMILES string of the molecule is Cc1cc(C)cc(N(CC(=O)N2CCN(Cc3ccc4c(c3)OCO4)CC2)S(=O)(=O)c2ccccc2)c1. The number of piperazine rings is 1. The van der Waals surface area contributed by atoms with Crippen LogP contribution in [0.1, 0.15) is 16.7 Å². The van der Waals surface area contributed by atoms with E-state index in [-0.39, 0.29) is 24.1 Å². The second-order valence-electron chi connectivity index (χ2n) is 9.52. The lowest BCUT2D eigenvalue weighted by atomic mass is 10.1. The molecular formula is C28H31N3O5S. The summed E-state index contributed by atoms with van der Waals surface area (Å²) in [6, 6.07) is 19.8. The molecule has 194 valence electrons. The molecule has 0 atom stereocenters. The molecule has 37 heavy (non-hydrogen) atoms. The normalized spacial score (nSPS) is 15.6. The van der Waals surface area contributed by atoms with E-state index in [1.807, 2.05) is 50.2 Å². The molecule has 0 bridgehead atoms. The summed E-state index contributed by atoms with van der Waals surface area (Å²) in [5.74, 6) is 1.32. The highest BCUT2D eigenvalue weighted by molar-refractivity contribution is 7.92. The van der Waals surface area contributed by atoms with Crippen molar-refractivity contribution in [3.05, 3.63) is 83.4 Å². The van der Waals surface area contributed by atoms with Crippen molar-refractivity contribution in [3.8, 4) is 11.5 Å². The summed E-state index contributed by atoms with van der Waals surface area (Å²) in [5, 5.41) is 0. The molecule has 1 saturated heterocycles. The number of aryl methyl sites for hydroxylation is 2. The molecule has 2 heterocycles. The van der Waals surface area contributed by atoms with Crippen molar-refractivity contribution < 1.29 is 22.7 Å². The van der Waals surface area contributed by atoms with E-state index in [0.29, 0.717) is 31.9 Å². The summed E-state index contributed by atoms with van der Waals surface area (Å²) < 4.78 is 39.4. The van der Waals surface area contributed by atoms with Gasteiger partial charge >= 0.3 is 0 Å². The Hall–Kier alpha value is -3.56. The lowest BCUT2D eigenvalue weighted by Crippen LogP contribution is -2.51. The van der Waals surface area contributed by atoms with Gasteiger partial charge in [-0.2, -0.15) is 0 Å². The van der Waals surface area contributed by atoms with Crippen LogP contribution in [0.25, 0.3) is 0 Å². The summed E-state index contributed by atoms with van der Waals surface area (Å²) in [6.45, 7) is 7.07. The second-order valence-corrected chi connectivity index (χ2v) is 11.4. The summed E-state index contributed by atoms with van der Waals surface area (Å²) in [7, 11) is -3.92. The van der Waals surface area contributed by atoms with Gasteiger partial charge in [-0.1, -0.05) is 30.3 Å². The Morgan fingerprint density at radius 2 is 1.54 bits per heavy atom. The number of nitrogens with zero attached hydrogens (tertiary/aromatic N) is 3. The average Bonchev–Trinajstić information content (AvgIpc) is 3.35. The van der Waals surface area contributed by atoms with Crippen LogP contribution in [0.2, 0.25) is 0 Å². The van der Waals surface area contributed by atoms with Crippen LogP contribution in [0, 0.1) is 13.8 Å². The predicted molar refractivity (Wildman–Crippen MR) is 141 cm³/mol. The number of rotatable bonds is 7. The highest BCUT2D eigenvalue weighted by Crippen LogP contribution is 2.33. The van der Waals surface area contributed by atoms with Gasteiger partial charge in [-0.3, -0.25) is 14.0 Å². The summed E-state index contributed by atoms with van der Waals surface area (Å²) in [5.41, 5.74) is 3.50. The van der Waals surface area contributed by atoms with Crippen LogP contribution in [0.5, 0.6) is 11.5 Å². The highest BCUT2D eigenvalue weighted by atomic mass is 32.2. The molecule has 0 unspecified atom stereocenters.